The van der Waals surface area contributed by atoms with Crippen molar-refractivity contribution in [2.45, 2.75) is 13.5 Å². The number of aryl methyl sites for hydroxylation is 1. The van der Waals surface area contributed by atoms with Gasteiger partial charge in [-0.05, 0) is 42.8 Å². The first-order valence-electron chi connectivity index (χ1n) is 5.81. The van der Waals surface area contributed by atoms with Gasteiger partial charge in [-0.3, -0.25) is 0 Å². The molecule has 0 bridgehead atoms. The highest BCUT2D eigenvalue weighted by molar-refractivity contribution is 6.33. The Morgan fingerprint density at radius 3 is 2.56 bits per heavy atom. The van der Waals surface area contributed by atoms with Crippen LogP contribution < -0.4 is 5.32 Å². The van der Waals surface area contributed by atoms with Gasteiger partial charge in [0, 0.05) is 17.1 Å². The lowest BCUT2D eigenvalue weighted by Crippen LogP contribution is -2.04. The van der Waals surface area contributed by atoms with E-state index in [4.69, 9.17) is 11.6 Å². The Bertz CT molecular complexity index is 566. The monoisotopic (exact) mass is 263 g/mol. The standard InChI is InChI=1S/C15H15ClFN/c1-10-3-5-12(8-15(10)17)13-6-4-11(9-18-2)7-14(13)16/h3-8,18H,9H2,1-2H3. The molecule has 0 aliphatic carbocycles. The average molecular weight is 264 g/mol. The van der Waals surface area contributed by atoms with Gasteiger partial charge in [0.05, 0.1) is 0 Å². The summed E-state index contributed by atoms with van der Waals surface area (Å²) in [6.07, 6.45) is 0. The Morgan fingerprint density at radius 2 is 1.94 bits per heavy atom. The molecule has 2 aromatic rings. The molecule has 2 aromatic carbocycles. The summed E-state index contributed by atoms with van der Waals surface area (Å²) in [6.45, 7) is 2.51. The molecule has 2 rings (SSSR count). The summed E-state index contributed by atoms with van der Waals surface area (Å²) < 4.78 is 13.5. The van der Waals surface area contributed by atoms with Gasteiger partial charge in [-0.25, -0.2) is 4.39 Å². The summed E-state index contributed by atoms with van der Waals surface area (Å²) in [6, 6.07) is 11.0. The van der Waals surface area contributed by atoms with E-state index in [0.717, 1.165) is 23.2 Å². The zero-order valence-electron chi connectivity index (χ0n) is 10.4. The van der Waals surface area contributed by atoms with Gasteiger partial charge >= 0.3 is 0 Å². The maximum Gasteiger partial charge on any atom is 0.126 e. The molecule has 0 radical (unpaired) electrons. The maximum atomic E-state index is 13.5. The van der Waals surface area contributed by atoms with Crippen LogP contribution in [0.2, 0.25) is 5.02 Å². The summed E-state index contributed by atoms with van der Waals surface area (Å²) in [7, 11) is 1.89. The first-order chi connectivity index (χ1) is 8.61. The van der Waals surface area contributed by atoms with Crippen molar-refractivity contribution in [3.63, 3.8) is 0 Å². The molecule has 0 fully saturated rings. The molecule has 0 aliphatic heterocycles. The third-order valence-electron chi connectivity index (χ3n) is 2.90. The van der Waals surface area contributed by atoms with Crippen LogP contribution in [0.1, 0.15) is 11.1 Å². The van der Waals surface area contributed by atoms with E-state index in [1.807, 2.05) is 31.3 Å². The van der Waals surface area contributed by atoms with Gasteiger partial charge in [0.1, 0.15) is 5.82 Å². The van der Waals surface area contributed by atoms with Crippen LogP contribution in [0.3, 0.4) is 0 Å². The van der Waals surface area contributed by atoms with Crippen LogP contribution in [0.4, 0.5) is 4.39 Å². The topological polar surface area (TPSA) is 12.0 Å². The van der Waals surface area contributed by atoms with Crippen LogP contribution >= 0.6 is 11.6 Å². The summed E-state index contributed by atoms with van der Waals surface area (Å²) in [4.78, 5) is 0. The van der Waals surface area contributed by atoms with Crippen molar-refractivity contribution in [1.82, 2.24) is 5.32 Å². The molecular weight excluding hydrogens is 249 g/mol. The summed E-state index contributed by atoms with van der Waals surface area (Å²) in [5.41, 5.74) is 3.41. The zero-order valence-corrected chi connectivity index (χ0v) is 11.2. The quantitative estimate of drug-likeness (QED) is 0.876. The van der Waals surface area contributed by atoms with Crippen molar-refractivity contribution >= 4 is 11.6 Å². The highest BCUT2D eigenvalue weighted by Crippen LogP contribution is 2.29. The molecule has 0 atom stereocenters. The number of halogens is 2. The van der Waals surface area contributed by atoms with Gasteiger partial charge in [-0.2, -0.15) is 0 Å². The first kappa shape index (κ1) is 13.1. The minimum Gasteiger partial charge on any atom is -0.316 e. The molecule has 0 amide bonds. The van der Waals surface area contributed by atoms with Crippen LogP contribution in [-0.2, 0) is 6.54 Å². The van der Waals surface area contributed by atoms with Crippen LogP contribution in [0.5, 0.6) is 0 Å². The lowest BCUT2D eigenvalue weighted by Gasteiger charge is -2.08. The van der Waals surface area contributed by atoms with E-state index >= 15 is 0 Å². The molecule has 0 spiro atoms. The highest BCUT2D eigenvalue weighted by atomic mass is 35.5. The van der Waals surface area contributed by atoms with Crippen molar-refractivity contribution in [1.29, 1.82) is 0 Å². The van der Waals surface area contributed by atoms with E-state index in [0.29, 0.717) is 10.6 Å². The first-order valence-corrected chi connectivity index (χ1v) is 6.19. The second kappa shape index (κ2) is 5.51. The third-order valence-corrected chi connectivity index (χ3v) is 3.21. The maximum absolute atomic E-state index is 13.5. The van der Waals surface area contributed by atoms with Gasteiger partial charge in [-0.15, -0.1) is 0 Å². The van der Waals surface area contributed by atoms with Gasteiger partial charge in [-0.1, -0.05) is 35.9 Å². The van der Waals surface area contributed by atoms with Crippen molar-refractivity contribution in [3.8, 4) is 11.1 Å². The molecule has 0 unspecified atom stereocenters. The molecule has 1 nitrogen and oxygen atoms in total. The van der Waals surface area contributed by atoms with Crippen molar-refractivity contribution in [2.75, 3.05) is 7.05 Å². The lowest BCUT2D eigenvalue weighted by molar-refractivity contribution is 0.619. The van der Waals surface area contributed by atoms with E-state index in [-0.39, 0.29) is 5.82 Å². The van der Waals surface area contributed by atoms with E-state index in [1.165, 1.54) is 6.07 Å². The summed E-state index contributed by atoms with van der Waals surface area (Å²) >= 11 is 6.24. The molecule has 0 saturated carbocycles. The Labute approximate surface area is 112 Å². The summed E-state index contributed by atoms with van der Waals surface area (Å²) in [5.74, 6) is -0.206. The number of rotatable bonds is 3. The van der Waals surface area contributed by atoms with Crippen LogP contribution in [0, 0.1) is 12.7 Å². The van der Waals surface area contributed by atoms with Gasteiger partial charge in [0.2, 0.25) is 0 Å². The van der Waals surface area contributed by atoms with Crippen molar-refractivity contribution in [3.05, 3.63) is 58.4 Å². The van der Waals surface area contributed by atoms with E-state index in [9.17, 15) is 4.39 Å². The van der Waals surface area contributed by atoms with E-state index in [2.05, 4.69) is 5.32 Å². The molecule has 1 N–H and O–H groups in total. The number of nitrogens with one attached hydrogen (secondary N) is 1. The third kappa shape index (κ3) is 2.71. The SMILES string of the molecule is CNCc1ccc(-c2ccc(C)c(F)c2)c(Cl)c1. The Morgan fingerprint density at radius 1 is 1.17 bits per heavy atom. The minimum atomic E-state index is -0.206. The second-order valence-corrected chi connectivity index (χ2v) is 4.72. The molecule has 3 heteroatoms. The molecular formula is C15H15ClFN. The Hall–Kier alpha value is -1.38. The van der Waals surface area contributed by atoms with Crippen molar-refractivity contribution in [2.24, 2.45) is 0 Å². The molecule has 0 saturated heterocycles. The van der Waals surface area contributed by atoms with Crippen molar-refractivity contribution < 1.29 is 4.39 Å². The lowest BCUT2D eigenvalue weighted by atomic mass is 10.0. The number of benzene rings is 2. The molecule has 0 aromatic heterocycles. The van der Waals surface area contributed by atoms with E-state index in [1.54, 1.807) is 13.0 Å². The largest absolute Gasteiger partial charge is 0.316 e. The Balaban J connectivity index is 2.41. The smallest absolute Gasteiger partial charge is 0.126 e. The summed E-state index contributed by atoms with van der Waals surface area (Å²) in [5, 5.41) is 3.71. The van der Waals surface area contributed by atoms with Gasteiger partial charge in [0.25, 0.3) is 0 Å². The predicted molar refractivity (Wildman–Crippen MR) is 74.3 cm³/mol. The molecule has 94 valence electrons. The van der Waals surface area contributed by atoms with E-state index < -0.39 is 0 Å². The fraction of sp³-hybridized carbons (Fsp3) is 0.200. The van der Waals surface area contributed by atoms with Crippen LogP contribution in [0.15, 0.2) is 36.4 Å². The molecule has 0 aliphatic rings. The zero-order chi connectivity index (χ0) is 13.1. The minimum absolute atomic E-state index is 0.206. The second-order valence-electron chi connectivity index (χ2n) is 4.31. The Kier molecular flexibility index (Phi) is 4.00. The van der Waals surface area contributed by atoms with Gasteiger partial charge < -0.3 is 5.32 Å². The number of hydrogen-bond acceptors (Lipinski definition) is 1. The normalized spacial score (nSPS) is 10.7. The highest BCUT2D eigenvalue weighted by Gasteiger charge is 2.06. The average Bonchev–Trinajstić information content (AvgIpc) is 2.34. The molecule has 18 heavy (non-hydrogen) atoms. The molecule has 0 heterocycles. The fourth-order valence-corrected chi connectivity index (χ4v) is 2.18. The number of hydrogen-bond donors (Lipinski definition) is 1. The fourth-order valence-electron chi connectivity index (χ4n) is 1.87. The predicted octanol–water partition coefficient (Wildman–Crippen LogP) is 4.17. The van der Waals surface area contributed by atoms with Crippen LogP contribution in [-0.4, -0.2) is 7.05 Å². The van der Waals surface area contributed by atoms with Gasteiger partial charge in [0.15, 0.2) is 0 Å². The van der Waals surface area contributed by atoms with Crippen LogP contribution in [0.25, 0.3) is 11.1 Å².